The van der Waals surface area contributed by atoms with Crippen molar-refractivity contribution < 1.29 is 9.47 Å². The summed E-state index contributed by atoms with van der Waals surface area (Å²) in [6, 6.07) is 0. The van der Waals surface area contributed by atoms with Crippen LogP contribution < -0.4 is 15.2 Å². The van der Waals surface area contributed by atoms with Crippen LogP contribution in [0.4, 0.5) is 5.69 Å². The molecule has 1 fully saturated rings. The summed E-state index contributed by atoms with van der Waals surface area (Å²) in [6.45, 7) is 2.47. The Kier molecular flexibility index (Phi) is 3.54. The lowest BCUT2D eigenvalue weighted by Crippen LogP contribution is -2.41. The molecule has 0 unspecified atom stereocenters. The number of halogens is 1. The maximum atomic E-state index is 12.1. The predicted octanol–water partition coefficient (Wildman–Crippen LogP) is 0.279. The molecule has 17 heavy (non-hydrogen) atoms. The van der Waals surface area contributed by atoms with Gasteiger partial charge in [0.1, 0.15) is 0 Å². The van der Waals surface area contributed by atoms with Gasteiger partial charge in [-0.1, -0.05) is 11.6 Å². The summed E-state index contributed by atoms with van der Waals surface area (Å²) in [6.07, 6.45) is 0. The average Bonchev–Trinajstić information content (AvgIpc) is 2.34. The van der Waals surface area contributed by atoms with Gasteiger partial charge in [0.15, 0.2) is 16.6 Å². The number of hydrogen-bond acceptors (Lipinski definition) is 5. The molecule has 0 spiro atoms. The van der Waals surface area contributed by atoms with E-state index in [1.165, 1.54) is 11.8 Å². The molecule has 7 heteroatoms. The highest BCUT2D eigenvalue weighted by atomic mass is 35.5. The monoisotopic (exact) mass is 259 g/mol. The zero-order chi connectivity index (χ0) is 12.4. The van der Waals surface area contributed by atoms with Crippen LogP contribution in [0, 0.1) is 0 Å². The Balaban J connectivity index is 2.53. The molecule has 0 saturated carbocycles. The van der Waals surface area contributed by atoms with Crippen LogP contribution in [0.25, 0.3) is 0 Å². The molecular weight excluding hydrogens is 246 g/mol. The lowest BCUT2D eigenvalue weighted by atomic mass is 10.3. The first kappa shape index (κ1) is 12.2. The second kappa shape index (κ2) is 4.93. The van der Waals surface area contributed by atoms with Crippen LogP contribution in [0.1, 0.15) is 0 Å². The molecule has 0 aliphatic carbocycles. The number of methoxy groups -OCH3 is 1. The SMILES string of the molecule is COc1c(Cl)nn(C)c(=O)c1N1CCOCC1. The first-order valence-electron chi connectivity index (χ1n) is 5.28. The second-order valence-corrected chi connectivity index (χ2v) is 4.06. The van der Waals surface area contributed by atoms with Crippen LogP contribution in [0.15, 0.2) is 4.79 Å². The lowest BCUT2D eigenvalue weighted by Gasteiger charge is -2.29. The standard InChI is InChI=1S/C10H14ClN3O3/c1-13-10(15)7(8(16-2)9(11)12-13)14-3-5-17-6-4-14/h3-6H2,1-2H3. The highest BCUT2D eigenvalue weighted by molar-refractivity contribution is 6.31. The molecule has 1 aliphatic rings. The quantitative estimate of drug-likeness (QED) is 0.764. The molecule has 6 nitrogen and oxygen atoms in total. The van der Waals surface area contributed by atoms with Crippen LogP contribution in [-0.4, -0.2) is 43.2 Å². The van der Waals surface area contributed by atoms with Crippen molar-refractivity contribution in [3.05, 3.63) is 15.5 Å². The Morgan fingerprint density at radius 3 is 2.65 bits per heavy atom. The third-order valence-corrected chi connectivity index (χ3v) is 2.92. The van der Waals surface area contributed by atoms with Gasteiger partial charge in [0, 0.05) is 20.1 Å². The van der Waals surface area contributed by atoms with Crippen LogP contribution in [0.2, 0.25) is 5.15 Å². The molecule has 0 N–H and O–H groups in total. The van der Waals surface area contributed by atoms with Gasteiger partial charge >= 0.3 is 0 Å². The number of hydrogen-bond donors (Lipinski definition) is 0. The van der Waals surface area contributed by atoms with Crippen LogP contribution in [0.5, 0.6) is 5.75 Å². The van der Waals surface area contributed by atoms with E-state index in [1.54, 1.807) is 7.05 Å². The van der Waals surface area contributed by atoms with Gasteiger partial charge in [0.2, 0.25) is 0 Å². The average molecular weight is 260 g/mol. The van der Waals surface area contributed by atoms with Crippen LogP contribution in [-0.2, 0) is 11.8 Å². The lowest BCUT2D eigenvalue weighted by molar-refractivity contribution is 0.122. The first-order valence-corrected chi connectivity index (χ1v) is 5.66. The summed E-state index contributed by atoms with van der Waals surface area (Å²) in [5.74, 6) is 0.330. The van der Waals surface area contributed by atoms with Crippen molar-refractivity contribution in [1.82, 2.24) is 9.78 Å². The molecule has 0 aromatic carbocycles. The molecule has 0 radical (unpaired) electrons. The topological polar surface area (TPSA) is 56.6 Å². The zero-order valence-electron chi connectivity index (χ0n) is 9.77. The number of rotatable bonds is 2. The highest BCUT2D eigenvalue weighted by Crippen LogP contribution is 2.30. The summed E-state index contributed by atoms with van der Waals surface area (Å²) < 4.78 is 11.6. The van der Waals surface area contributed by atoms with E-state index in [2.05, 4.69) is 5.10 Å². The summed E-state index contributed by atoms with van der Waals surface area (Å²) in [7, 11) is 3.05. The van der Waals surface area contributed by atoms with Crippen molar-refractivity contribution in [2.45, 2.75) is 0 Å². The second-order valence-electron chi connectivity index (χ2n) is 3.70. The van der Waals surface area contributed by atoms with Crippen molar-refractivity contribution in [1.29, 1.82) is 0 Å². The molecule has 0 amide bonds. The molecule has 0 atom stereocenters. The Labute approximate surface area is 104 Å². The first-order chi connectivity index (χ1) is 8.15. The van der Waals surface area contributed by atoms with Crippen molar-refractivity contribution >= 4 is 17.3 Å². The zero-order valence-corrected chi connectivity index (χ0v) is 10.5. The predicted molar refractivity (Wildman–Crippen MR) is 64.1 cm³/mol. The Morgan fingerprint density at radius 2 is 2.06 bits per heavy atom. The minimum absolute atomic E-state index is 0.191. The molecule has 2 rings (SSSR count). The van der Waals surface area contributed by atoms with Gasteiger partial charge in [-0.3, -0.25) is 4.79 Å². The van der Waals surface area contributed by atoms with E-state index in [1.807, 2.05) is 4.90 Å². The van der Waals surface area contributed by atoms with E-state index < -0.39 is 0 Å². The summed E-state index contributed by atoms with van der Waals surface area (Å²) >= 11 is 5.97. The third kappa shape index (κ3) is 2.23. The minimum Gasteiger partial charge on any atom is -0.491 e. The molecule has 1 aromatic heterocycles. The van der Waals surface area contributed by atoms with Gasteiger partial charge in [0.05, 0.1) is 20.3 Å². The van der Waals surface area contributed by atoms with E-state index in [9.17, 15) is 4.79 Å². The number of morpholine rings is 1. The minimum atomic E-state index is -0.215. The number of anilines is 1. The van der Waals surface area contributed by atoms with Gasteiger partial charge in [0.25, 0.3) is 5.56 Å². The van der Waals surface area contributed by atoms with Gasteiger partial charge in [-0.15, -0.1) is 0 Å². The highest BCUT2D eigenvalue weighted by Gasteiger charge is 2.23. The van der Waals surface area contributed by atoms with E-state index in [0.29, 0.717) is 37.7 Å². The fourth-order valence-corrected chi connectivity index (χ4v) is 2.10. The van der Waals surface area contributed by atoms with E-state index in [-0.39, 0.29) is 10.7 Å². The van der Waals surface area contributed by atoms with E-state index in [0.717, 1.165) is 0 Å². The Bertz CT molecular complexity index is 469. The number of ether oxygens (including phenoxy) is 2. The Morgan fingerprint density at radius 1 is 1.41 bits per heavy atom. The molecule has 94 valence electrons. The maximum absolute atomic E-state index is 12.1. The number of nitrogens with zero attached hydrogens (tertiary/aromatic N) is 3. The maximum Gasteiger partial charge on any atom is 0.293 e. The van der Waals surface area contributed by atoms with Gasteiger partial charge in [-0.05, 0) is 0 Å². The Hall–Kier alpha value is -1.27. The van der Waals surface area contributed by atoms with Crippen molar-refractivity contribution in [2.24, 2.45) is 7.05 Å². The largest absolute Gasteiger partial charge is 0.491 e. The molecule has 1 aliphatic heterocycles. The number of aromatic nitrogens is 2. The smallest absolute Gasteiger partial charge is 0.293 e. The summed E-state index contributed by atoms with van der Waals surface area (Å²) in [4.78, 5) is 14.0. The molecule has 2 heterocycles. The van der Waals surface area contributed by atoms with E-state index >= 15 is 0 Å². The molecule has 1 aromatic rings. The molecular formula is C10H14ClN3O3. The fourth-order valence-electron chi connectivity index (χ4n) is 1.82. The molecule has 1 saturated heterocycles. The normalized spacial score (nSPS) is 16.1. The van der Waals surface area contributed by atoms with Crippen LogP contribution >= 0.6 is 11.6 Å². The van der Waals surface area contributed by atoms with Crippen molar-refractivity contribution in [3.63, 3.8) is 0 Å². The van der Waals surface area contributed by atoms with Gasteiger partial charge in [-0.2, -0.15) is 5.10 Å². The fraction of sp³-hybridized carbons (Fsp3) is 0.600. The van der Waals surface area contributed by atoms with Crippen molar-refractivity contribution in [3.8, 4) is 5.75 Å². The van der Waals surface area contributed by atoms with Crippen molar-refractivity contribution in [2.75, 3.05) is 38.3 Å². The third-order valence-electron chi connectivity index (χ3n) is 2.67. The summed E-state index contributed by atoms with van der Waals surface area (Å²) in [5, 5.41) is 4.08. The molecule has 0 bridgehead atoms. The summed E-state index contributed by atoms with van der Waals surface area (Å²) in [5.41, 5.74) is 0.242. The van der Waals surface area contributed by atoms with E-state index in [4.69, 9.17) is 21.1 Å². The van der Waals surface area contributed by atoms with Gasteiger partial charge in [-0.25, -0.2) is 4.68 Å². The van der Waals surface area contributed by atoms with Crippen LogP contribution in [0.3, 0.4) is 0 Å². The number of aryl methyl sites for hydroxylation is 1. The van der Waals surface area contributed by atoms with Gasteiger partial charge < -0.3 is 14.4 Å².